The monoisotopic (exact) mass is 817 g/mol. The third-order valence-electron chi connectivity index (χ3n) is 13.5. The van der Waals surface area contributed by atoms with E-state index in [0.29, 0.717) is 0 Å². The van der Waals surface area contributed by atoms with E-state index in [1.165, 1.54) is 98.1 Å². The summed E-state index contributed by atoms with van der Waals surface area (Å²) in [6.45, 7) is 0. The van der Waals surface area contributed by atoms with Crippen LogP contribution in [-0.4, -0.2) is 0 Å². The van der Waals surface area contributed by atoms with Crippen LogP contribution >= 0.6 is 11.3 Å². The van der Waals surface area contributed by atoms with Crippen LogP contribution in [-0.2, 0) is 5.41 Å². The summed E-state index contributed by atoms with van der Waals surface area (Å²) >= 11 is 1.88. The van der Waals surface area contributed by atoms with Crippen LogP contribution in [0.1, 0.15) is 22.3 Å². The van der Waals surface area contributed by atoms with Gasteiger partial charge in [-0.05, 0) is 109 Å². The summed E-state index contributed by atoms with van der Waals surface area (Å²) in [7, 11) is 0. The van der Waals surface area contributed by atoms with Crippen molar-refractivity contribution in [1.82, 2.24) is 0 Å². The van der Waals surface area contributed by atoms with Gasteiger partial charge in [-0.15, -0.1) is 11.3 Å². The summed E-state index contributed by atoms with van der Waals surface area (Å²) < 4.78 is 2.65. The Morgan fingerprint density at radius 2 is 0.778 bits per heavy atom. The zero-order valence-electron chi connectivity index (χ0n) is 34.4. The molecule has 63 heavy (non-hydrogen) atoms. The van der Waals surface area contributed by atoms with Gasteiger partial charge in [0.25, 0.3) is 0 Å². The molecule has 0 fully saturated rings. The molecule has 0 atom stereocenters. The predicted molar refractivity (Wildman–Crippen MR) is 267 cm³/mol. The van der Waals surface area contributed by atoms with Crippen LogP contribution in [0.15, 0.2) is 237 Å². The lowest BCUT2D eigenvalue weighted by Gasteiger charge is -2.32. The average molecular weight is 818 g/mol. The second-order valence-electron chi connectivity index (χ2n) is 16.7. The molecule has 1 nitrogen and oxygen atoms in total. The first kappa shape index (κ1) is 35.9. The van der Waals surface area contributed by atoms with Gasteiger partial charge in [0.15, 0.2) is 0 Å². The fraction of sp³-hybridized carbons (Fsp3) is 0.0164. The molecule has 0 unspecified atom stereocenters. The number of hydrogen-bond donors (Lipinski definition) is 0. The molecule has 1 aromatic heterocycles. The van der Waals surface area contributed by atoms with Crippen LogP contribution in [0.2, 0.25) is 0 Å². The van der Waals surface area contributed by atoms with Crippen LogP contribution in [0.25, 0.3) is 75.8 Å². The largest absolute Gasteiger partial charge is 0.310 e. The number of thiophene rings is 1. The minimum absolute atomic E-state index is 0.444. The van der Waals surface area contributed by atoms with E-state index < -0.39 is 5.41 Å². The van der Waals surface area contributed by atoms with Crippen molar-refractivity contribution >= 4 is 48.6 Å². The van der Waals surface area contributed by atoms with Gasteiger partial charge in [0.05, 0.1) is 11.1 Å². The van der Waals surface area contributed by atoms with Crippen molar-refractivity contribution in [2.75, 3.05) is 4.90 Å². The molecule has 2 heteroatoms. The molecular weight excluding hydrogens is 779 g/mol. The minimum atomic E-state index is -0.444. The first-order chi connectivity index (χ1) is 31.3. The number of para-hydroxylation sites is 1. The summed E-state index contributed by atoms with van der Waals surface area (Å²) in [5, 5.41) is 2.63. The Kier molecular flexibility index (Phi) is 8.06. The molecule has 1 heterocycles. The normalized spacial score (nSPS) is 12.9. The van der Waals surface area contributed by atoms with E-state index in [1.807, 2.05) is 11.3 Å². The molecule has 0 bridgehead atoms. The third kappa shape index (κ3) is 5.35. The summed E-state index contributed by atoms with van der Waals surface area (Å²) in [6, 6.07) is 87.7. The van der Waals surface area contributed by atoms with Gasteiger partial charge < -0.3 is 4.90 Å². The Labute approximate surface area is 371 Å². The fourth-order valence-electron chi connectivity index (χ4n) is 10.8. The molecule has 1 spiro atoms. The van der Waals surface area contributed by atoms with Crippen LogP contribution < -0.4 is 4.90 Å². The van der Waals surface area contributed by atoms with Gasteiger partial charge in [-0.25, -0.2) is 0 Å². The summed E-state index contributed by atoms with van der Waals surface area (Å²) in [5.41, 5.74) is 20.7. The maximum absolute atomic E-state index is 2.50. The SMILES string of the molecule is c1ccc(-c2ccc(-c3ccccc3N(c3ccc(-c4cccc5c4sc4ccccc45)cc3)c3ccc4c(c3)C3(c5ccccc5-c5ccccc53)c3ccccc3-4)cc2)cc1. The predicted octanol–water partition coefficient (Wildman–Crippen LogP) is 16.9. The highest BCUT2D eigenvalue weighted by atomic mass is 32.1. The third-order valence-corrected chi connectivity index (χ3v) is 14.7. The van der Waals surface area contributed by atoms with Gasteiger partial charge in [0.1, 0.15) is 0 Å². The molecule has 0 saturated heterocycles. The average Bonchev–Trinajstić information content (AvgIpc) is 3.99. The lowest BCUT2D eigenvalue weighted by Crippen LogP contribution is -2.26. The standard InChI is InChI=1S/C61H39NS/c1-2-15-40(16-3-1)41-29-31-42(32-30-41)46-17-7-12-27-58(46)62(44-35-33-43(34-36-44)47-22-14-23-53-52-21-8-13-28-59(52)63-60(47)53)45-37-38-51-50-20-6-11-26-56(50)61(57(51)39-45)54-24-9-4-18-48(54)49-19-5-10-25-55(49)61/h1-39H. The number of benzene rings is 10. The molecule has 0 radical (unpaired) electrons. The second kappa shape index (κ2) is 14.1. The van der Waals surface area contributed by atoms with Crippen LogP contribution in [0.3, 0.4) is 0 Å². The molecule has 10 aromatic carbocycles. The topological polar surface area (TPSA) is 3.24 Å². The Morgan fingerprint density at radius 3 is 1.48 bits per heavy atom. The quantitative estimate of drug-likeness (QED) is 0.162. The highest BCUT2D eigenvalue weighted by molar-refractivity contribution is 7.26. The van der Waals surface area contributed by atoms with E-state index >= 15 is 0 Å². The first-order valence-electron chi connectivity index (χ1n) is 21.8. The van der Waals surface area contributed by atoms with E-state index in [9.17, 15) is 0 Å². The van der Waals surface area contributed by atoms with Gasteiger partial charge in [-0.3, -0.25) is 0 Å². The smallest absolute Gasteiger partial charge is 0.0726 e. The highest BCUT2D eigenvalue weighted by Crippen LogP contribution is 2.63. The summed E-state index contributed by atoms with van der Waals surface area (Å²) in [5.74, 6) is 0. The molecule has 0 aliphatic heterocycles. The molecule has 0 amide bonds. The Balaban J connectivity index is 1.02. The van der Waals surface area contributed by atoms with Gasteiger partial charge in [-0.1, -0.05) is 200 Å². The number of nitrogens with zero attached hydrogens (tertiary/aromatic N) is 1. The lowest BCUT2D eigenvalue weighted by molar-refractivity contribution is 0.793. The van der Waals surface area contributed by atoms with E-state index in [4.69, 9.17) is 0 Å². The number of rotatable bonds is 6. The maximum Gasteiger partial charge on any atom is 0.0726 e. The van der Waals surface area contributed by atoms with Crippen molar-refractivity contribution in [3.8, 4) is 55.6 Å². The minimum Gasteiger partial charge on any atom is -0.310 e. The van der Waals surface area contributed by atoms with Crippen LogP contribution in [0.5, 0.6) is 0 Å². The molecule has 11 aromatic rings. The molecule has 0 saturated carbocycles. The summed E-state index contributed by atoms with van der Waals surface area (Å²) in [4.78, 5) is 2.48. The second-order valence-corrected chi connectivity index (χ2v) is 17.8. The van der Waals surface area contributed by atoms with E-state index in [-0.39, 0.29) is 0 Å². The van der Waals surface area contributed by atoms with Crippen LogP contribution in [0.4, 0.5) is 17.1 Å². The number of anilines is 3. The molecular formula is C61H39NS. The Morgan fingerprint density at radius 1 is 0.302 bits per heavy atom. The van der Waals surface area contributed by atoms with Crippen molar-refractivity contribution in [3.63, 3.8) is 0 Å². The van der Waals surface area contributed by atoms with Crippen molar-refractivity contribution < 1.29 is 0 Å². The molecule has 2 aliphatic rings. The van der Waals surface area contributed by atoms with Gasteiger partial charge in [0.2, 0.25) is 0 Å². The zero-order chi connectivity index (χ0) is 41.5. The van der Waals surface area contributed by atoms with Crippen molar-refractivity contribution in [2.24, 2.45) is 0 Å². The zero-order valence-corrected chi connectivity index (χ0v) is 35.2. The molecule has 13 rings (SSSR count). The lowest BCUT2D eigenvalue weighted by atomic mass is 9.70. The first-order valence-corrected chi connectivity index (χ1v) is 22.6. The van der Waals surface area contributed by atoms with Gasteiger partial charge in [-0.2, -0.15) is 0 Å². The number of hydrogen-bond acceptors (Lipinski definition) is 2. The maximum atomic E-state index is 2.50. The Hall–Kier alpha value is -7.78. The Bertz CT molecular complexity index is 3500. The summed E-state index contributed by atoms with van der Waals surface area (Å²) in [6.07, 6.45) is 0. The number of fused-ring (bicyclic) bond motifs is 13. The highest BCUT2D eigenvalue weighted by Gasteiger charge is 2.51. The van der Waals surface area contributed by atoms with Gasteiger partial charge >= 0.3 is 0 Å². The van der Waals surface area contributed by atoms with Crippen molar-refractivity contribution in [3.05, 3.63) is 259 Å². The molecule has 2 aliphatic carbocycles. The fourth-order valence-corrected chi connectivity index (χ4v) is 12.0. The molecule has 0 N–H and O–H groups in total. The van der Waals surface area contributed by atoms with E-state index in [0.717, 1.165) is 17.1 Å². The van der Waals surface area contributed by atoms with Crippen molar-refractivity contribution in [1.29, 1.82) is 0 Å². The van der Waals surface area contributed by atoms with E-state index in [2.05, 4.69) is 241 Å². The molecule has 294 valence electrons. The van der Waals surface area contributed by atoms with Crippen LogP contribution in [0, 0.1) is 0 Å². The van der Waals surface area contributed by atoms with Crippen molar-refractivity contribution in [2.45, 2.75) is 5.41 Å². The van der Waals surface area contributed by atoms with Gasteiger partial charge in [0, 0.05) is 37.1 Å². The van der Waals surface area contributed by atoms with E-state index in [1.54, 1.807) is 0 Å².